The summed E-state index contributed by atoms with van der Waals surface area (Å²) in [6.07, 6.45) is 13.0. The molecule has 166 valence electrons. The number of aryl methyl sites for hydroxylation is 1. The van der Waals surface area contributed by atoms with Gasteiger partial charge in [-0.3, -0.25) is 4.55 Å². The minimum absolute atomic E-state index is 0.0641. The van der Waals surface area contributed by atoms with E-state index in [1.54, 1.807) is 30.3 Å². The molecule has 0 heterocycles. The maximum atomic E-state index is 11.7. The monoisotopic (exact) mass is 434 g/mol. The zero-order valence-corrected chi connectivity index (χ0v) is 18.7. The van der Waals surface area contributed by atoms with Gasteiger partial charge in [-0.25, -0.2) is 0 Å². The lowest BCUT2D eigenvalue weighted by Crippen LogP contribution is -2.03. The van der Waals surface area contributed by atoms with Crippen LogP contribution in [0, 0.1) is 0 Å². The summed E-state index contributed by atoms with van der Waals surface area (Å²) in [4.78, 5) is -0.599. The van der Waals surface area contributed by atoms with Gasteiger partial charge in [-0.15, -0.1) is 0 Å². The Morgan fingerprint density at radius 3 is 1.97 bits per heavy atom. The van der Waals surface area contributed by atoms with Gasteiger partial charge >= 0.3 is 10.1 Å². The van der Waals surface area contributed by atoms with Crippen molar-refractivity contribution >= 4 is 10.1 Å². The first-order valence-corrected chi connectivity index (χ1v) is 12.4. The highest BCUT2D eigenvalue weighted by molar-refractivity contribution is 7.86. The number of phenolic OH excluding ortho intramolecular Hbond substituents is 1. The predicted molar refractivity (Wildman–Crippen MR) is 120 cm³/mol. The zero-order valence-electron chi connectivity index (χ0n) is 17.8. The fraction of sp³-hybridized carbons (Fsp3) is 0.500. The van der Waals surface area contributed by atoms with Crippen LogP contribution in [0.1, 0.15) is 76.7 Å². The lowest BCUT2D eigenvalue weighted by atomic mass is 10.0. The average molecular weight is 435 g/mol. The molecule has 0 fully saturated rings. The van der Waals surface area contributed by atoms with Crippen molar-refractivity contribution < 1.29 is 22.8 Å². The Balaban J connectivity index is 1.91. The Hall–Kier alpha value is -2.05. The number of hydrogen-bond donors (Lipinski definition) is 2. The van der Waals surface area contributed by atoms with Gasteiger partial charge in [-0.05, 0) is 42.7 Å². The first-order chi connectivity index (χ1) is 14.4. The van der Waals surface area contributed by atoms with Gasteiger partial charge in [0.2, 0.25) is 0 Å². The van der Waals surface area contributed by atoms with Crippen molar-refractivity contribution in [3.63, 3.8) is 0 Å². The maximum Gasteiger partial charge on any atom is 0.301 e. The van der Waals surface area contributed by atoms with E-state index >= 15 is 0 Å². The molecule has 2 aromatic carbocycles. The highest BCUT2D eigenvalue weighted by Gasteiger charge is 2.23. The van der Waals surface area contributed by atoms with Gasteiger partial charge in [-0.1, -0.05) is 82.9 Å². The second-order valence-electron chi connectivity index (χ2n) is 7.76. The summed E-state index contributed by atoms with van der Waals surface area (Å²) in [5, 5.41) is 10.2. The van der Waals surface area contributed by atoms with E-state index in [-0.39, 0.29) is 5.75 Å². The molecule has 0 aliphatic carbocycles. The molecule has 0 aromatic heterocycles. The summed E-state index contributed by atoms with van der Waals surface area (Å²) in [5.41, 5.74) is 0.783. The summed E-state index contributed by atoms with van der Waals surface area (Å²) in [6.45, 7) is 2.23. The van der Waals surface area contributed by atoms with E-state index in [0.717, 1.165) is 18.4 Å². The second kappa shape index (κ2) is 12.6. The van der Waals surface area contributed by atoms with Crippen molar-refractivity contribution in [1.29, 1.82) is 0 Å². The van der Waals surface area contributed by atoms with E-state index in [0.29, 0.717) is 12.2 Å². The minimum atomic E-state index is -4.62. The van der Waals surface area contributed by atoms with Crippen molar-refractivity contribution in [3.05, 3.63) is 48.0 Å². The molecule has 0 unspecified atom stereocenters. The van der Waals surface area contributed by atoms with Crippen molar-refractivity contribution in [2.45, 2.75) is 82.4 Å². The largest absolute Gasteiger partial charge is 0.506 e. The minimum Gasteiger partial charge on any atom is -0.506 e. The molecule has 0 bridgehead atoms. The van der Waals surface area contributed by atoms with Gasteiger partial charge in [0.25, 0.3) is 0 Å². The number of ether oxygens (including phenoxy) is 1. The fourth-order valence-electron chi connectivity index (χ4n) is 3.55. The van der Waals surface area contributed by atoms with Crippen molar-refractivity contribution in [2.75, 3.05) is 0 Å². The highest BCUT2D eigenvalue weighted by Crippen LogP contribution is 2.37. The van der Waals surface area contributed by atoms with Crippen LogP contribution in [-0.4, -0.2) is 18.1 Å². The number of rotatable bonds is 14. The molecule has 0 saturated carbocycles. The first-order valence-electron chi connectivity index (χ1n) is 11.0. The Morgan fingerprint density at radius 2 is 1.40 bits per heavy atom. The van der Waals surface area contributed by atoms with Crippen LogP contribution in [0.15, 0.2) is 47.4 Å². The Kier molecular flexibility index (Phi) is 10.2. The zero-order chi connectivity index (χ0) is 21.8. The normalized spacial score (nSPS) is 11.5. The third-order valence-corrected chi connectivity index (χ3v) is 6.07. The van der Waals surface area contributed by atoms with Crippen LogP contribution in [0.4, 0.5) is 0 Å². The van der Waals surface area contributed by atoms with E-state index in [4.69, 9.17) is 4.74 Å². The van der Waals surface area contributed by atoms with Crippen LogP contribution in [0.25, 0.3) is 0 Å². The average Bonchev–Trinajstić information content (AvgIpc) is 2.69. The molecule has 2 N–H and O–H groups in total. The molecule has 0 radical (unpaired) electrons. The van der Waals surface area contributed by atoms with E-state index in [1.807, 2.05) is 6.07 Å². The third-order valence-electron chi connectivity index (χ3n) is 5.14. The molecule has 5 nitrogen and oxygen atoms in total. The topological polar surface area (TPSA) is 83.8 Å². The molecule has 0 spiro atoms. The Morgan fingerprint density at radius 1 is 0.833 bits per heavy atom. The second-order valence-corrected chi connectivity index (χ2v) is 9.12. The predicted octanol–water partition coefficient (Wildman–Crippen LogP) is 6.89. The maximum absolute atomic E-state index is 11.7. The van der Waals surface area contributed by atoms with Gasteiger partial charge in [-0.2, -0.15) is 8.42 Å². The summed E-state index contributed by atoms with van der Waals surface area (Å²) >= 11 is 0. The standard InChI is InChI=1S/C24H34O5S/c1-2-3-4-5-6-7-8-9-10-12-15-20-18-22(25)24(30(26,27)28)23(19-20)29-21-16-13-11-14-17-21/h11,13-14,16-19,25H,2-10,12,15H2,1H3,(H,26,27,28). The summed E-state index contributed by atoms with van der Waals surface area (Å²) in [7, 11) is -4.62. The number of hydrogen-bond acceptors (Lipinski definition) is 4. The number of unbranched alkanes of at least 4 members (excludes halogenated alkanes) is 9. The van der Waals surface area contributed by atoms with Crippen LogP contribution in [0.3, 0.4) is 0 Å². The van der Waals surface area contributed by atoms with Crippen LogP contribution in [0.2, 0.25) is 0 Å². The Labute approximate surface area is 180 Å². The van der Waals surface area contributed by atoms with Crippen molar-refractivity contribution in [3.8, 4) is 17.2 Å². The number of aromatic hydroxyl groups is 1. The fourth-order valence-corrected chi connectivity index (χ4v) is 4.23. The van der Waals surface area contributed by atoms with E-state index < -0.39 is 20.8 Å². The van der Waals surface area contributed by atoms with Crippen molar-refractivity contribution in [1.82, 2.24) is 0 Å². The molecule has 0 aliphatic rings. The smallest absolute Gasteiger partial charge is 0.301 e. The van der Waals surface area contributed by atoms with Crippen LogP contribution in [-0.2, 0) is 16.5 Å². The molecule has 0 atom stereocenters. The summed E-state index contributed by atoms with van der Waals surface area (Å²) in [6, 6.07) is 11.7. The molecule has 0 aliphatic heterocycles. The molecule has 6 heteroatoms. The molecule has 2 aromatic rings. The van der Waals surface area contributed by atoms with E-state index in [1.165, 1.54) is 57.4 Å². The third kappa shape index (κ3) is 8.36. The quantitative estimate of drug-likeness (QED) is 0.250. The molecule has 0 amide bonds. The first kappa shape index (κ1) is 24.2. The molecule has 0 saturated heterocycles. The SMILES string of the molecule is CCCCCCCCCCCCc1cc(O)c(S(=O)(=O)O)c(Oc2ccccc2)c1. The molecule has 2 rings (SSSR count). The molecule has 30 heavy (non-hydrogen) atoms. The van der Waals surface area contributed by atoms with E-state index in [9.17, 15) is 18.1 Å². The summed E-state index contributed by atoms with van der Waals surface area (Å²) in [5.74, 6) is -0.128. The van der Waals surface area contributed by atoms with Gasteiger partial charge in [0.05, 0.1) is 0 Å². The van der Waals surface area contributed by atoms with Gasteiger partial charge in [0, 0.05) is 0 Å². The van der Waals surface area contributed by atoms with Crippen molar-refractivity contribution in [2.24, 2.45) is 0 Å². The van der Waals surface area contributed by atoms with Gasteiger partial charge < -0.3 is 9.84 Å². The highest BCUT2D eigenvalue weighted by atomic mass is 32.2. The van der Waals surface area contributed by atoms with E-state index in [2.05, 4.69) is 6.92 Å². The van der Waals surface area contributed by atoms with Gasteiger partial charge in [0.1, 0.15) is 11.5 Å². The van der Waals surface area contributed by atoms with Gasteiger partial charge in [0.15, 0.2) is 10.6 Å². The Bertz CT molecular complexity index is 863. The lowest BCUT2D eigenvalue weighted by Gasteiger charge is -2.13. The van der Waals surface area contributed by atoms with Crippen LogP contribution in [0.5, 0.6) is 17.2 Å². The molecular formula is C24H34O5S. The van der Waals surface area contributed by atoms with Crippen LogP contribution >= 0.6 is 0 Å². The molecular weight excluding hydrogens is 400 g/mol. The summed E-state index contributed by atoms with van der Waals surface area (Å²) < 4.78 is 38.6. The number of phenols is 1. The lowest BCUT2D eigenvalue weighted by molar-refractivity contribution is 0.414. The van der Waals surface area contributed by atoms with Crippen LogP contribution < -0.4 is 4.74 Å². The number of para-hydroxylation sites is 1. The number of benzene rings is 2.